The molecular formula is C7H11NO2S. The Morgan fingerprint density at radius 1 is 1.82 bits per heavy atom. The van der Waals surface area contributed by atoms with Crippen LogP contribution in [-0.4, -0.2) is 18.1 Å². The first-order valence-corrected chi connectivity index (χ1v) is 4.15. The van der Waals surface area contributed by atoms with Crippen LogP contribution in [0, 0.1) is 6.92 Å². The van der Waals surface area contributed by atoms with Crippen LogP contribution in [0.15, 0.2) is 10.9 Å². The van der Waals surface area contributed by atoms with Crippen molar-refractivity contribution in [2.45, 2.75) is 13.8 Å². The first-order valence-electron chi connectivity index (χ1n) is 3.21. The van der Waals surface area contributed by atoms with Crippen molar-refractivity contribution in [1.82, 2.24) is 4.98 Å². The van der Waals surface area contributed by atoms with E-state index in [1.165, 1.54) is 0 Å². The molecule has 0 bridgehead atoms. The summed E-state index contributed by atoms with van der Waals surface area (Å²) in [5.41, 5.74) is 2.94. The lowest BCUT2D eigenvalue weighted by Gasteiger charge is -1.79. The second kappa shape index (κ2) is 7.21. The molecule has 0 aliphatic heterocycles. The van der Waals surface area contributed by atoms with Crippen molar-refractivity contribution in [2.75, 3.05) is 6.61 Å². The van der Waals surface area contributed by atoms with E-state index in [1.54, 1.807) is 18.3 Å². The fourth-order valence-corrected chi connectivity index (χ4v) is 0.887. The lowest BCUT2D eigenvalue weighted by atomic mass is 10.6. The number of aromatic nitrogens is 1. The minimum atomic E-state index is 0.431. The first-order chi connectivity index (χ1) is 5.31. The number of rotatable bonds is 2. The summed E-state index contributed by atoms with van der Waals surface area (Å²) in [7, 11) is 0. The van der Waals surface area contributed by atoms with Crippen LogP contribution >= 0.6 is 11.3 Å². The minimum Gasteiger partial charge on any atom is -0.468 e. The molecule has 62 valence electrons. The minimum absolute atomic E-state index is 0.431. The molecule has 0 aliphatic carbocycles. The van der Waals surface area contributed by atoms with Crippen molar-refractivity contribution < 1.29 is 9.53 Å². The summed E-state index contributed by atoms with van der Waals surface area (Å²) in [6.45, 7) is 4.65. The van der Waals surface area contributed by atoms with E-state index in [-0.39, 0.29) is 0 Å². The standard InChI is InChI=1S/C4H5NS.C3H6O2/c1-4-2-6-3-5-4;1-2-5-3-4/h2-3H,1H3;3H,2H2,1H3. The van der Waals surface area contributed by atoms with E-state index in [1.807, 2.05) is 17.8 Å². The lowest BCUT2D eigenvalue weighted by Crippen LogP contribution is -1.80. The van der Waals surface area contributed by atoms with Crippen LogP contribution in [0.4, 0.5) is 0 Å². The molecule has 0 fully saturated rings. The molecule has 0 aliphatic rings. The molecule has 4 heteroatoms. The molecule has 0 amide bonds. The van der Waals surface area contributed by atoms with Crippen LogP contribution in [0.2, 0.25) is 0 Å². The Hall–Kier alpha value is -0.900. The van der Waals surface area contributed by atoms with Gasteiger partial charge in [0.05, 0.1) is 12.1 Å². The molecule has 0 saturated heterocycles. The highest BCUT2D eigenvalue weighted by atomic mass is 32.1. The Labute approximate surface area is 70.0 Å². The quantitative estimate of drug-likeness (QED) is 0.638. The predicted octanol–water partition coefficient (Wildman–Crippen LogP) is 1.63. The summed E-state index contributed by atoms with van der Waals surface area (Å²) in [6.07, 6.45) is 0. The van der Waals surface area contributed by atoms with Crippen LogP contribution in [0.3, 0.4) is 0 Å². The Kier molecular flexibility index (Phi) is 6.62. The molecule has 1 rings (SSSR count). The third kappa shape index (κ3) is 6.99. The number of thiazole rings is 1. The van der Waals surface area contributed by atoms with Gasteiger partial charge in [0.1, 0.15) is 0 Å². The summed E-state index contributed by atoms with van der Waals surface area (Å²) >= 11 is 1.63. The molecule has 0 N–H and O–H groups in total. The van der Waals surface area contributed by atoms with Crippen molar-refractivity contribution in [1.29, 1.82) is 0 Å². The topological polar surface area (TPSA) is 39.2 Å². The van der Waals surface area contributed by atoms with Gasteiger partial charge in [-0.1, -0.05) is 0 Å². The highest BCUT2D eigenvalue weighted by Gasteiger charge is 1.76. The molecule has 0 saturated carbocycles. The number of carbonyl (C=O) groups is 1. The SMILES string of the molecule is CCOC=O.Cc1cscn1. The van der Waals surface area contributed by atoms with Gasteiger partial charge in [-0.15, -0.1) is 11.3 Å². The van der Waals surface area contributed by atoms with E-state index in [2.05, 4.69) is 9.72 Å². The zero-order valence-electron chi connectivity index (χ0n) is 6.61. The van der Waals surface area contributed by atoms with E-state index >= 15 is 0 Å². The number of aryl methyl sites for hydroxylation is 1. The number of hydrogen-bond acceptors (Lipinski definition) is 4. The maximum Gasteiger partial charge on any atom is 0.293 e. The number of hydrogen-bond donors (Lipinski definition) is 0. The van der Waals surface area contributed by atoms with Gasteiger partial charge in [-0.05, 0) is 13.8 Å². The van der Waals surface area contributed by atoms with Gasteiger partial charge < -0.3 is 4.74 Å². The zero-order chi connectivity index (χ0) is 8.53. The largest absolute Gasteiger partial charge is 0.468 e. The first kappa shape index (κ1) is 10.1. The maximum atomic E-state index is 9.18. The average molecular weight is 173 g/mol. The molecule has 1 aromatic rings. The number of nitrogens with zero attached hydrogens (tertiary/aromatic N) is 1. The van der Waals surface area contributed by atoms with Gasteiger partial charge in [-0.25, -0.2) is 0 Å². The molecule has 3 nitrogen and oxygen atoms in total. The molecule has 0 unspecified atom stereocenters. The Bertz CT molecular complexity index is 175. The van der Waals surface area contributed by atoms with Crippen molar-refractivity contribution in [3.8, 4) is 0 Å². The molecule has 0 atom stereocenters. The fraction of sp³-hybridized carbons (Fsp3) is 0.429. The van der Waals surface area contributed by atoms with Crippen LogP contribution < -0.4 is 0 Å². The van der Waals surface area contributed by atoms with Crippen molar-refractivity contribution in [3.05, 3.63) is 16.6 Å². The van der Waals surface area contributed by atoms with E-state index < -0.39 is 0 Å². The van der Waals surface area contributed by atoms with Gasteiger partial charge in [-0.3, -0.25) is 9.78 Å². The molecule has 11 heavy (non-hydrogen) atoms. The average Bonchev–Trinajstić information content (AvgIpc) is 2.43. The third-order valence-electron chi connectivity index (χ3n) is 0.791. The smallest absolute Gasteiger partial charge is 0.293 e. The molecule has 0 radical (unpaired) electrons. The van der Waals surface area contributed by atoms with Crippen LogP contribution in [0.1, 0.15) is 12.6 Å². The summed E-state index contributed by atoms with van der Waals surface area (Å²) in [6, 6.07) is 0. The van der Waals surface area contributed by atoms with Crippen LogP contribution in [0.5, 0.6) is 0 Å². The van der Waals surface area contributed by atoms with E-state index in [0.29, 0.717) is 13.1 Å². The zero-order valence-corrected chi connectivity index (χ0v) is 7.43. The summed E-state index contributed by atoms with van der Waals surface area (Å²) < 4.78 is 4.15. The van der Waals surface area contributed by atoms with Crippen molar-refractivity contribution >= 4 is 17.8 Å². The van der Waals surface area contributed by atoms with Gasteiger partial charge in [0.25, 0.3) is 6.47 Å². The Balaban J connectivity index is 0.000000187. The van der Waals surface area contributed by atoms with E-state index in [9.17, 15) is 4.79 Å². The van der Waals surface area contributed by atoms with Gasteiger partial charge in [0, 0.05) is 11.1 Å². The molecule has 0 aromatic carbocycles. The van der Waals surface area contributed by atoms with Crippen molar-refractivity contribution in [2.24, 2.45) is 0 Å². The van der Waals surface area contributed by atoms with Crippen molar-refractivity contribution in [3.63, 3.8) is 0 Å². The van der Waals surface area contributed by atoms with Gasteiger partial charge in [-0.2, -0.15) is 0 Å². The third-order valence-corrected chi connectivity index (χ3v) is 1.49. The fourth-order valence-electron chi connectivity index (χ4n) is 0.341. The maximum absolute atomic E-state index is 9.18. The highest BCUT2D eigenvalue weighted by Crippen LogP contribution is 1.95. The number of carbonyl (C=O) groups excluding carboxylic acids is 1. The monoisotopic (exact) mass is 173 g/mol. The lowest BCUT2D eigenvalue weighted by molar-refractivity contribution is -0.128. The predicted molar refractivity (Wildman–Crippen MR) is 44.5 cm³/mol. The van der Waals surface area contributed by atoms with Gasteiger partial charge >= 0.3 is 0 Å². The van der Waals surface area contributed by atoms with Crippen LogP contribution in [-0.2, 0) is 9.53 Å². The Morgan fingerprint density at radius 3 is 2.64 bits per heavy atom. The molecule has 1 heterocycles. The van der Waals surface area contributed by atoms with E-state index in [0.717, 1.165) is 5.69 Å². The van der Waals surface area contributed by atoms with E-state index in [4.69, 9.17) is 0 Å². The highest BCUT2D eigenvalue weighted by molar-refractivity contribution is 7.07. The van der Waals surface area contributed by atoms with Gasteiger partial charge in [0.2, 0.25) is 0 Å². The second-order valence-corrected chi connectivity index (χ2v) is 2.40. The second-order valence-electron chi connectivity index (χ2n) is 1.68. The molecule has 0 spiro atoms. The number of ether oxygens (including phenoxy) is 1. The summed E-state index contributed by atoms with van der Waals surface area (Å²) in [5.74, 6) is 0. The summed E-state index contributed by atoms with van der Waals surface area (Å²) in [4.78, 5) is 13.1. The summed E-state index contributed by atoms with van der Waals surface area (Å²) in [5, 5.41) is 2.01. The molecular weight excluding hydrogens is 162 g/mol. The Morgan fingerprint density at radius 2 is 2.55 bits per heavy atom. The molecule has 1 aromatic heterocycles. The normalized spacial score (nSPS) is 7.82. The van der Waals surface area contributed by atoms with Crippen LogP contribution in [0.25, 0.3) is 0 Å². The van der Waals surface area contributed by atoms with Gasteiger partial charge in [0.15, 0.2) is 0 Å².